The van der Waals surface area contributed by atoms with Crippen LogP contribution in [-0.2, 0) is 14.8 Å². The fourth-order valence-corrected chi connectivity index (χ4v) is 4.55. The van der Waals surface area contributed by atoms with E-state index in [4.69, 9.17) is 0 Å². The first-order chi connectivity index (χ1) is 11.3. The van der Waals surface area contributed by atoms with Gasteiger partial charge in [0.2, 0.25) is 15.9 Å². The number of piperidine rings is 1. The van der Waals surface area contributed by atoms with Gasteiger partial charge in [0.15, 0.2) is 0 Å². The monoisotopic (exact) mass is 416 g/mol. The molecule has 1 amide bonds. The van der Waals surface area contributed by atoms with E-state index in [2.05, 4.69) is 35.1 Å². The summed E-state index contributed by atoms with van der Waals surface area (Å²) in [5.74, 6) is 0.230. The molecular formula is C17H25BrN2O3S. The number of nitrogens with one attached hydrogen (secondary N) is 1. The summed E-state index contributed by atoms with van der Waals surface area (Å²) < 4.78 is 27.8. The largest absolute Gasteiger partial charge is 0.356 e. The second-order valence-electron chi connectivity index (χ2n) is 6.63. The van der Waals surface area contributed by atoms with Crippen LogP contribution in [0.2, 0.25) is 0 Å². The molecule has 24 heavy (non-hydrogen) atoms. The highest BCUT2D eigenvalue weighted by atomic mass is 79.9. The minimum atomic E-state index is -3.55. The number of hydrogen-bond donors (Lipinski definition) is 1. The van der Waals surface area contributed by atoms with E-state index in [1.165, 1.54) is 4.31 Å². The molecule has 1 aliphatic rings. The third-order valence-electron chi connectivity index (χ3n) is 4.23. The Morgan fingerprint density at radius 1 is 1.33 bits per heavy atom. The van der Waals surface area contributed by atoms with Gasteiger partial charge in [0, 0.05) is 24.1 Å². The molecular weight excluding hydrogens is 392 g/mol. The minimum Gasteiger partial charge on any atom is -0.356 e. The highest BCUT2D eigenvalue weighted by molar-refractivity contribution is 9.10. The fraction of sp³-hybridized carbons (Fsp3) is 0.588. The van der Waals surface area contributed by atoms with E-state index in [0.717, 1.165) is 17.3 Å². The Kier molecular flexibility index (Phi) is 6.83. The predicted molar refractivity (Wildman–Crippen MR) is 98.1 cm³/mol. The third kappa shape index (κ3) is 5.04. The highest BCUT2D eigenvalue weighted by Crippen LogP contribution is 2.25. The van der Waals surface area contributed by atoms with Gasteiger partial charge in [-0.2, -0.15) is 4.31 Å². The van der Waals surface area contributed by atoms with Crippen LogP contribution in [-0.4, -0.2) is 38.3 Å². The molecule has 0 spiro atoms. The second-order valence-corrected chi connectivity index (χ2v) is 9.48. The second kappa shape index (κ2) is 8.45. The SMILES string of the molecule is CC(C)CCNC(=O)[C@@H]1CCCN(S(=O)(=O)c2ccc(Br)cc2)C1. The normalized spacial score (nSPS) is 19.4. The van der Waals surface area contributed by atoms with Crippen molar-refractivity contribution in [2.75, 3.05) is 19.6 Å². The molecule has 1 aromatic carbocycles. The van der Waals surface area contributed by atoms with E-state index >= 15 is 0 Å². The van der Waals surface area contributed by atoms with Crippen molar-refractivity contribution >= 4 is 31.9 Å². The Labute approximate surface area is 153 Å². The number of rotatable bonds is 6. The van der Waals surface area contributed by atoms with Crippen LogP contribution in [0.1, 0.15) is 33.1 Å². The van der Waals surface area contributed by atoms with Crippen molar-refractivity contribution in [1.29, 1.82) is 0 Å². The Bertz CT molecular complexity index is 659. The van der Waals surface area contributed by atoms with Gasteiger partial charge in [0.05, 0.1) is 10.8 Å². The third-order valence-corrected chi connectivity index (χ3v) is 6.64. The zero-order valence-corrected chi connectivity index (χ0v) is 16.6. The molecule has 5 nitrogen and oxygen atoms in total. The molecule has 0 unspecified atom stereocenters. The number of nitrogens with zero attached hydrogens (tertiary/aromatic N) is 1. The molecule has 2 rings (SSSR count). The van der Waals surface area contributed by atoms with Crippen molar-refractivity contribution in [3.05, 3.63) is 28.7 Å². The quantitative estimate of drug-likeness (QED) is 0.774. The van der Waals surface area contributed by atoms with Crippen molar-refractivity contribution in [2.45, 2.75) is 38.0 Å². The van der Waals surface area contributed by atoms with Gasteiger partial charge in [-0.15, -0.1) is 0 Å². The van der Waals surface area contributed by atoms with Crippen LogP contribution >= 0.6 is 15.9 Å². The zero-order chi connectivity index (χ0) is 17.7. The van der Waals surface area contributed by atoms with Crippen LogP contribution in [0.15, 0.2) is 33.6 Å². The first-order valence-electron chi connectivity index (χ1n) is 8.34. The molecule has 1 aromatic rings. The molecule has 134 valence electrons. The molecule has 1 atom stereocenters. The van der Waals surface area contributed by atoms with Crippen LogP contribution in [0.5, 0.6) is 0 Å². The molecule has 7 heteroatoms. The Morgan fingerprint density at radius 2 is 2.00 bits per heavy atom. The number of amides is 1. The average Bonchev–Trinajstić information content (AvgIpc) is 2.55. The Hall–Kier alpha value is -0.920. The van der Waals surface area contributed by atoms with Gasteiger partial charge in [-0.3, -0.25) is 4.79 Å². The molecule has 0 bridgehead atoms. The summed E-state index contributed by atoms with van der Waals surface area (Å²) in [4.78, 5) is 12.6. The molecule has 1 fully saturated rings. The van der Waals surface area contributed by atoms with Gasteiger partial charge in [-0.1, -0.05) is 29.8 Å². The number of carbonyl (C=O) groups is 1. The van der Waals surface area contributed by atoms with E-state index in [-0.39, 0.29) is 23.3 Å². The summed E-state index contributed by atoms with van der Waals surface area (Å²) in [5.41, 5.74) is 0. The number of hydrogen-bond acceptors (Lipinski definition) is 3. The van der Waals surface area contributed by atoms with E-state index in [9.17, 15) is 13.2 Å². The van der Waals surface area contributed by atoms with Gasteiger partial charge in [0.25, 0.3) is 0 Å². The number of benzene rings is 1. The summed E-state index contributed by atoms with van der Waals surface area (Å²) in [7, 11) is -3.55. The van der Waals surface area contributed by atoms with Crippen LogP contribution in [0, 0.1) is 11.8 Å². The van der Waals surface area contributed by atoms with Gasteiger partial charge < -0.3 is 5.32 Å². The lowest BCUT2D eigenvalue weighted by Gasteiger charge is -2.31. The van der Waals surface area contributed by atoms with E-state index in [0.29, 0.717) is 25.4 Å². The first-order valence-corrected chi connectivity index (χ1v) is 10.6. The number of halogens is 1. The van der Waals surface area contributed by atoms with Crippen molar-refractivity contribution in [3.8, 4) is 0 Å². The average molecular weight is 417 g/mol. The molecule has 1 saturated heterocycles. The summed E-state index contributed by atoms with van der Waals surface area (Å²) in [6, 6.07) is 6.61. The van der Waals surface area contributed by atoms with Crippen molar-refractivity contribution < 1.29 is 13.2 Å². The molecule has 0 aromatic heterocycles. The topological polar surface area (TPSA) is 66.5 Å². The van der Waals surface area contributed by atoms with Crippen LogP contribution in [0.4, 0.5) is 0 Å². The maximum absolute atomic E-state index is 12.7. The van der Waals surface area contributed by atoms with E-state index in [1.54, 1.807) is 24.3 Å². The lowest BCUT2D eigenvalue weighted by Crippen LogP contribution is -2.45. The van der Waals surface area contributed by atoms with Crippen molar-refractivity contribution in [2.24, 2.45) is 11.8 Å². The van der Waals surface area contributed by atoms with Crippen molar-refractivity contribution in [1.82, 2.24) is 9.62 Å². The number of carbonyl (C=O) groups excluding carboxylic acids is 1. The maximum atomic E-state index is 12.7. The van der Waals surface area contributed by atoms with Crippen LogP contribution < -0.4 is 5.32 Å². The summed E-state index contributed by atoms with van der Waals surface area (Å²) in [6.45, 7) is 5.59. The van der Waals surface area contributed by atoms with E-state index in [1.807, 2.05) is 0 Å². The minimum absolute atomic E-state index is 0.0358. The smallest absolute Gasteiger partial charge is 0.243 e. The maximum Gasteiger partial charge on any atom is 0.243 e. The van der Waals surface area contributed by atoms with Gasteiger partial charge >= 0.3 is 0 Å². The summed E-state index contributed by atoms with van der Waals surface area (Å²) in [6.07, 6.45) is 2.37. The van der Waals surface area contributed by atoms with Gasteiger partial charge in [0.1, 0.15) is 0 Å². The molecule has 0 saturated carbocycles. The molecule has 0 aliphatic carbocycles. The van der Waals surface area contributed by atoms with Crippen molar-refractivity contribution in [3.63, 3.8) is 0 Å². The zero-order valence-electron chi connectivity index (χ0n) is 14.2. The van der Waals surface area contributed by atoms with Crippen LogP contribution in [0.25, 0.3) is 0 Å². The van der Waals surface area contributed by atoms with E-state index < -0.39 is 10.0 Å². The van der Waals surface area contributed by atoms with Crippen LogP contribution in [0.3, 0.4) is 0 Å². The lowest BCUT2D eigenvalue weighted by atomic mass is 9.98. The molecule has 0 radical (unpaired) electrons. The summed E-state index contributed by atoms with van der Waals surface area (Å²) >= 11 is 3.31. The fourth-order valence-electron chi connectivity index (χ4n) is 2.76. The Balaban J connectivity index is 2.01. The molecule has 1 heterocycles. The van der Waals surface area contributed by atoms with Gasteiger partial charge in [-0.05, 0) is 49.4 Å². The molecule has 1 N–H and O–H groups in total. The Morgan fingerprint density at radius 3 is 2.62 bits per heavy atom. The highest BCUT2D eigenvalue weighted by Gasteiger charge is 2.33. The summed E-state index contributed by atoms with van der Waals surface area (Å²) in [5, 5.41) is 2.94. The standard InChI is InChI=1S/C17H25BrN2O3S/c1-13(2)9-10-19-17(21)14-4-3-11-20(12-14)24(22,23)16-7-5-15(18)6-8-16/h5-8,13-14H,3-4,9-12H2,1-2H3,(H,19,21)/t14-/m1/s1. The molecule has 1 aliphatic heterocycles. The van der Waals surface area contributed by atoms with Gasteiger partial charge in [-0.25, -0.2) is 8.42 Å². The lowest BCUT2D eigenvalue weighted by molar-refractivity contribution is -0.126. The number of sulfonamides is 1. The first kappa shape index (κ1) is 19.4. The predicted octanol–water partition coefficient (Wildman–Crippen LogP) is 3.01.